The summed E-state index contributed by atoms with van der Waals surface area (Å²) in [4.78, 5) is 43.3. The van der Waals surface area contributed by atoms with Gasteiger partial charge in [0.1, 0.15) is 5.82 Å². The number of anilines is 1. The summed E-state index contributed by atoms with van der Waals surface area (Å²) in [6.45, 7) is 1.81. The van der Waals surface area contributed by atoms with Crippen LogP contribution in [0.25, 0.3) is 0 Å². The fourth-order valence-corrected chi connectivity index (χ4v) is 4.93. The van der Waals surface area contributed by atoms with Crippen molar-refractivity contribution >= 4 is 23.4 Å². The first-order valence-electron chi connectivity index (χ1n) is 11.7. The van der Waals surface area contributed by atoms with Crippen molar-refractivity contribution in [1.29, 1.82) is 0 Å². The Morgan fingerprint density at radius 1 is 0.941 bits per heavy atom. The maximum atomic E-state index is 13.3. The normalized spacial score (nSPS) is 21.0. The Labute approximate surface area is 197 Å². The van der Waals surface area contributed by atoms with Crippen LogP contribution in [-0.2, 0) is 20.8 Å². The van der Waals surface area contributed by atoms with E-state index in [1.54, 1.807) is 17.0 Å². The Hall–Kier alpha value is -3.62. The number of piperidine rings is 1. The molecule has 0 bridgehead atoms. The minimum Gasteiger partial charge on any atom is -0.337 e. The summed E-state index contributed by atoms with van der Waals surface area (Å²) >= 11 is 0. The van der Waals surface area contributed by atoms with Crippen LogP contribution in [0.3, 0.4) is 0 Å². The van der Waals surface area contributed by atoms with Crippen molar-refractivity contribution in [2.24, 2.45) is 11.0 Å². The van der Waals surface area contributed by atoms with Gasteiger partial charge in [-0.1, -0.05) is 30.3 Å². The smallest absolute Gasteiger partial charge is 0.337 e. The Balaban J connectivity index is 1.24. The van der Waals surface area contributed by atoms with E-state index in [-0.39, 0.29) is 18.3 Å². The van der Waals surface area contributed by atoms with Gasteiger partial charge in [0.05, 0.1) is 0 Å². The maximum Gasteiger partial charge on any atom is 0.502 e. The summed E-state index contributed by atoms with van der Waals surface area (Å²) in [6, 6.07) is 16.3. The lowest BCUT2D eigenvalue weighted by Crippen LogP contribution is -2.53. The van der Waals surface area contributed by atoms with Crippen LogP contribution >= 0.6 is 0 Å². The van der Waals surface area contributed by atoms with Gasteiger partial charge >= 0.3 is 11.8 Å². The standard InChI is InChI=1S/C25H27FN5O3/c26-20-6-8-21(9-7-20)29-14-15-30-23(33)24(34)31(27-25(29)30)17-22(32)28-12-10-19(11-13-28)16-18-4-2-1-3-5-18/h1-9,19,25H,10-17H2/q+1. The van der Waals surface area contributed by atoms with Gasteiger partial charge in [0, 0.05) is 37.0 Å². The van der Waals surface area contributed by atoms with Gasteiger partial charge in [-0.15, -0.1) is 0 Å². The van der Waals surface area contributed by atoms with E-state index >= 15 is 0 Å². The SMILES string of the molecule is O=C(C[N+]1=NC2N(CCN2c2ccc(F)cc2)C(=O)C1=O)N1CCC(Cc2ccccc2)CC1. The molecule has 0 N–H and O–H groups in total. The largest absolute Gasteiger partial charge is 0.502 e. The molecule has 3 aliphatic rings. The zero-order chi connectivity index (χ0) is 23.7. The first-order valence-corrected chi connectivity index (χ1v) is 11.7. The van der Waals surface area contributed by atoms with Crippen LogP contribution in [0.2, 0.25) is 0 Å². The highest BCUT2D eigenvalue weighted by Crippen LogP contribution is 2.27. The Bertz CT molecular complexity index is 1110. The van der Waals surface area contributed by atoms with E-state index < -0.39 is 18.1 Å². The number of benzene rings is 2. The molecule has 0 radical (unpaired) electrons. The number of carbonyl (C=O) groups excluding carboxylic acids is 3. The summed E-state index contributed by atoms with van der Waals surface area (Å²) in [5, 5.41) is 4.43. The van der Waals surface area contributed by atoms with Gasteiger partial charge in [0.15, 0.2) is 0 Å². The molecule has 3 aliphatic heterocycles. The van der Waals surface area contributed by atoms with E-state index in [4.69, 9.17) is 0 Å². The molecule has 2 fully saturated rings. The summed E-state index contributed by atoms with van der Waals surface area (Å²) in [7, 11) is 0. The van der Waals surface area contributed by atoms with Gasteiger partial charge in [0.25, 0.3) is 18.7 Å². The van der Waals surface area contributed by atoms with Crippen molar-refractivity contribution in [2.75, 3.05) is 37.6 Å². The van der Waals surface area contributed by atoms with E-state index in [1.807, 2.05) is 23.1 Å². The molecule has 8 nitrogen and oxygen atoms in total. The molecule has 5 rings (SSSR count). The summed E-state index contributed by atoms with van der Waals surface area (Å²) in [5.41, 5.74) is 2.00. The van der Waals surface area contributed by atoms with E-state index in [2.05, 4.69) is 17.2 Å². The van der Waals surface area contributed by atoms with Crippen LogP contribution in [0.15, 0.2) is 59.7 Å². The number of azo groups is 2. The molecule has 9 heteroatoms. The van der Waals surface area contributed by atoms with Crippen LogP contribution in [0, 0.1) is 11.7 Å². The quantitative estimate of drug-likeness (QED) is 0.503. The highest BCUT2D eigenvalue weighted by molar-refractivity contribution is 6.31. The van der Waals surface area contributed by atoms with E-state index in [9.17, 15) is 18.8 Å². The predicted octanol–water partition coefficient (Wildman–Crippen LogP) is 2.24. The molecule has 34 heavy (non-hydrogen) atoms. The molecule has 3 amide bonds. The average molecular weight is 465 g/mol. The van der Waals surface area contributed by atoms with Crippen molar-refractivity contribution in [3.63, 3.8) is 0 Å². The first-order chi connectivity index (χ1) is 16.5. The number of hydrogen-bond acceptors (Lipinski definition) is 5. The predicted molar refractivity (Wildman–Crippen MR) is 121 cm³/mol. The molecule has 1 unspecified atom stereocenters. The number of carbonyl (C=O) groups is 3. The minimum atomic E-state index is -0.787. The number of fused-ring (bicyclic) bond motifs is 1. The third-order valence-corrected chi connectivity index (χ3v) is 6.84. The molecule has 1 atom stereocenters. The number of likely N-dealkylation sites (tertiary alicyclic amines) is 1. The summed E-state index contributed by atoms with van der Waals surface area (Å²) in [6.07, 6.45) is 2.08. The lowest BCUT2D eigenvalue weighted by Gasteiger charge is -2.31. The Morgan fingerprint density at radius 3 is 2.32 bits per heavy atom. The van der Waals surface area contributed by atoms with Gasteiger partial charge in [-0.2, -0.15) is 0 Å². The molecule has 0 spiro atoms. The van der Waals surface area contributed by atoms with Crippen LogP contribution in [0.4, 0.5) is 10.1 Å². The number of halogens is 1. The maximum absolute atomic E-state index is 13.3. The van der Waals surface area contributed by atoms with Crippen LogP contribution in [0.1, 0.15) is 18.4 Å². The van der Waals surface area contributed by atoms with Gasteiger partial charge in [-0.3, -0.25) is 14.5 Å². The van der Waals surface area contributed by atoms with Gasteiger partial charge in [-0.05, 0) is 59.7 Å². The Morgan fingerprint density at radius 2 is 1.62 bits per heavy atom. The molecule has 2 aromatic carbocycles. The second-order valence-corrected chi connectivity index (χ2v) is 9.01. The molecular formula is C25H27FN5O3+. The monoisotopic (exact) mass is 464 g/mol. The lowest BCUT2D eigenvalue weighted by atomic mass is 9.90. The van der Waals surface area contributed by atoms with Crippen molar-refractivity contribution in [3.8, 4) is 0 Å². The molecule has 0 aliphatic carbocycles. The first kappa shape index (κ1) is 22.2. The fraction of sp³-hybridized carbons (Fsp3) is 0.400. The fourth-order valence-electron chi connectivity index (χ4n) is 4.93. The van der Waals surface area contributed by atoms with Gasteiger partial charge in [-0.25, -0.2) is 9.18 Å². The second-order valence-electron chi connectivity index (χ2n) is 9.01. The molecule has 176 valence electrons. The third-order valence-electron chi connectivity index (χ3n) is 6.84. The van der Waals surface area contributed by atoms with Crippen molar-refractivity contribution in [3.05, 3.63) is 66.0 Å². The molecule has 3 heterocycles. The zero-order valence-electron chi connectivity index (χ0n) is 18.8. The molecule has 0 saturated carbocycles. The number of hydrogen-bond donors (Lipinski definition) is 0. The van der Waals surface area contributed by atoms with Crippen molar-refractivity contribution < 1.29 is 23.5 Å². The van der Waals surface area contributed by atoms with E-state index in [0.717, 1.165) is 24.0 Å². The average Bonchev–Trinajstić information content (AvgIpc) is 3.28. The van der Waals surface area contributed by atoms with Crippen LogP contribution < -0.4 is 4.90 Å². The number of rotatable bonds is 5. The number of nitrogens with zero attached hydrogens (tertiary/aromatic N) is 5. The van der Waals surface area contributed by atoms with Crippen molar-refractivity contribution in [2.45, 2.75) is 25.6 Å². The zero-order valence-corrected chi connectivity index (χ0v) is 18.8. The number of amides is 3. The summed E-state index contributed by atoms with van der Waals surface area (Å²) in [5.74, 6) is -1.50. The van der Waals surface area contributed by atoms with Gasteiger partial charge in [0.2, 0.25) is 0 Å². The van der Waals surface area contributed by atoms with Gasteiger partial charge < -0.3 is 9.80 Å². The van der Waals surface area contributed by atoms with Crippen molar-refractivity contribution in [1.82, 2.24) is 9.80 Å². The molecule has 2 saturated heterocycles. The second kappa shape index (κ2) is 9.32. The molecule has 2 aromatic rings. The molecular weight excluding hydrogens is 437 g/mol. The summed E-state index contributed by atoms with van der Waals surface area (Å²) < 4.78 is 14.3. The van der Waals surface area contributed by atoms with E-state index in [1.165, 1.54) is 22.6 Å². The third kappa shape index (κ3) is 4.42. The van der Waals surface area contributed by atoms with Crippen LogP contribution in [-0.4, -0.2) is 71.2 Å². The lowest BCUT2D eigenvalue weighted by molar-refractivity contribution is -0.510. The minimum absolute atomic E-state index is 0.206. The van der Waals surface area contributed by atoms with Crippen LogP contribution in [0.5, 0.6) is 0 Å². The highest BCUT2D eigenvalue weighted by Gasteiger charge is 2.50. The topological polar surface area (TPSA) is 76.3 Å². The highest BCUT2D eigenvalue weighted by atomic mass is 19.1. The molecule has 0 aromatic heterocycles. The van der Waals surface area contributed by atoms with E-state index in [0.29, 0.717) is 37.8 Å². The Kier molecular flexibility index (Phi) is 6.08.